The molecule has 0 amide bonds. The third kappa shape index (κ3) is 2.38. The van der Waals surface area contributed by atoms with Gasteiger partial charge in [-0.15, -0.1) is 5.10 Å². The Balaban J connectivity index is 2.09. The van der Waals surface area contributed by atoms with Gasteiger partial charge in [0.25, 0.3) is 0 Å². The molecule has 1 atom stereocenters. The van der Waals surface area contributed by atoms with Crippen molar-refractivity contribution in [2.24, 2.45) is 12.9 Å². The molecule has 2 rings (SSSR count). The summed E-state index contributed by atoms with van der Waals surface area (Å²) < 4.78 is 5.58. The van der Waals surface area contributed by atoms with Crippen LogP contribution in [-0.4, -0.2) is 19.4 Å². The summed E-state index contributed by atoms with van der Waals surface area (Å²) in [7, 11) is 1.89. The van der Waals surface area contributed by atoms with Crippen LogP contribution < -0.4 is 11.3 Å². The molecule has 15 heavy (non-hydrogen) atoms. The third-order valence-electron chi connectivity index (χ3n) is 2.12. The Labute approximate surface area is 91.2 Å². The summed E-state index contributed by atoms with van der Waals surface area (Å²) in [6, 6.07) is 0.0502. The molecule has 2 aromatic heterocycles. The number of hydrazine groups is 1. The molecule has 80 valence electrons. The highest BCUT2D eigenvalue weighted by Crippen LogP contribution is 2.18. The van der Waals surface area contributed by atoms with Crippen LogP contribution in [0.3, 0.4) is 0 Å². The second-order valence-corrected chi connectivity index (χ2v) is 4.08. The molecule has 0 bridgehead atoms. The molecule has 3 N–H and O–H groups in total. The Hall–Kier alpha value is -1.31. The van der Waals surface area contributed by atoms with Gasteiger partial charge in [0.05, 0.1) is 23.3 Å². The fourth-order valence-corrected chi connectivity index (χ4v) is 1.94. The number of rotatable bonds is 4. The first-order valence-corrected chi connectivity index (χ1v) is 5.28. The van der Waals surface area contributed by atoms with E-state index >= 15 is 0 Å². The van der Waals surface area contributed by atoms with Gasteiger partial charge in [-0.05, 0) is 23.5 Å². The quantitative estimate of drug-likeness (QED) is 0.565. The number of nitrogens with two attached hydrogens (primary N) is 1. The average Bonchev–Trinajstić information content (AvgIpc) is 2.85. The second kappa shape index (κ2) is 4.47. The van der Waals surface area contributed by atoms with Gasteiger partial charge >= 0.3 is 0 Å². The van der Waals surface area contributed by atoms with Crippen molar-refractivity contribution in [1.82, 2.24) is 24.8 Å². The van der Waals surface area contributed by atoms with E-state index < -0.39 is 0 Å². The molecular weight excluding hydrogens is 212 g/mol. The summed E-state index contributed by atoms with van der Waals surface area (Å²) in [5, 5.41) is 7.90. The molecule has 2 heterocycles. The van der Waals surface area contributed by atoms with E-state index in [1.54, 1.807) is 10.9 Å². The Morgan fingerprint density at radius 1 is 1.60 bits per heavy atom. The van der Waals surface area contributed by atoms with Gasteiger partial charge in [-0.2, -0.15) is 5.10 Å². The van der Waals surface area contributed by atoms with Gasteiger partial charge in [-0.25, -0.2) is 0 Å². The molecule has 0 spiro atoms. The molecule has 0 fully saturated rings. The molecule has 0 radical (unpaired) electrons. The molecule has 2 aromatic rings. The van der Waals surface area contributed by atoms with Gasteiger partial charge in [0, 0.05) is 13.2 Å². The zero-order valence-electron chi connectivity index (χ0n) is 8.29. The lowest BCUT2D eigenvalue weighted by molar-refractivity contribution is 0.559. The normalized spacial score (nSPS) is 12.9. The van der Waals surface area contributed by atoms with Crippen LogP contribution in [0.5, 0.6) is 0 Å². The maximum Gasteiger partial charge on any atom is 0.0670 e. The van der Waals surface area contributed by atoms with Crippen LogP contribution in [0.1, 0.15) is 16.5 Å². The summed E-state index contributed by atoms with van der Waals surface area (Å²) in [6.07, 6.45) is 6.32. The van der Waals surface area contributed by atoms with Crippen molar-refractivity contribution in [3.63, 3.8) is 0 Å². The molecule has 6 nitrogen and oxygen atoms in total. The molecule has 0 aliphatic rings. The first-order valence-electron chi connectivity index (χ1n) is 4.50. The Morgan fingerprint density at radius 3 is 3.00 bits per heavy atom. The monoisotopic (exact) mass is 224 g/mol. The van der Waals surface area contributed by atoms with E-state index in [1.165, 1.54) is 11.5 Å². The van der Waals surface area contributed by atoms with Crippen molar-refractivity contribution >= 4 is 11.5 Å². The molecular formula is C8H12N6S. The van der Waals surface area contributed by atoms with Crippen LogP contribution in [0.25, 0.3) is 0 Å². The lowest BCUT2D eigenvalue weighted by Gasteiger charge is -2.11. The number of aromatic nitrogens is 4. The summed E-state index contributed by atoms with van der Waals surface area (Å²) in [6.45, 7) is 0. The smallest absolute Gasteiger partial charge is 0.0670 e. The Morgan fingerprint density at radius 2 is 2.47 bits per heavy atom. The summed E-state index contributed by atoms with van der Waals surface area (Å²) in [5.74, 6) is 5.49. The molecule has 7 heteroatoms. The van der Waals surface area contributed by atoms with E-state index in [0.717, 1.165) is 16.9 Å². The number of nitrogens with zero attached hydrogens (tertiary/aromatic N) is 4. The zero-order valence-corrected chi connectivity index (χ0v) is 9.11. The summed E-state index contributed by atoms with van der Waals surface area (Å²) in [5.41, 5.74) is 3.89. The van der Waals surface area contributed by atoms with E-state index in [-0.39, 0.29) is 6.04 Å². The summed E-state index contributed by atoms with van der Waals surface area (Å²) >= 11 is 1.35. The lowest BCUT2D eigenvalue weighted by Crippen LogP contribution is -2.28. The fraction of sp³-hybridized carbons (Fsp3) is 0.375. The summed E-state index contributed by atoms with van der Waals surface area (Å²) in [4.78, 5) is 1.03. The van der Waals surface area contributed by atoms with Gasteiger partial charge in [0.15, 0.2) is 0 Å². The van der Waals surface area contributed by atoms with Crippen molar-refractivity contribution < 1.29 is 0 Å². The van der Waals surface area contributed by atoms with Gasteiger partial charge < -0.3 is 0 Å². The van der Waals surface area contributed by atoms with E-state index in [0.29, 0.717) is 0 Å². The van der Waals surface area contributed by atoms with Gasteiger partial charge in [-0.3, -0.25) is 16.0 Å². The predicted octanol–water partition coefficient (Wildman–Crippen LogP) is 0.0187. The van der Waals surface area contributed by atoms with Crippen molar-refractivity contribution in [3.05, 3.63) is 29.0 Å². The predicted molar refractivity (Wildman–Crippen MR) is 56.9 cm³/mol. The maximum absolute atomic E-state index is 5.49. The average molecular weight is 224 g/mol. The van der Waals surface area contributed by atoms with Crippen LogP contribution in [-0.2, 0) is 13.5 Å². The fourth-order valence-electron chi connectivity index (χ4n) is 1.38. The molecule has 0 aliphatic carbocycles. The first-order chi connectivity index (χ1) is 7.29. The van der Waals surface area contributed by atoms with Gasteiger partial charge in [0.1, 0.15) is 0 Å². The lowest BCUT2D eigenvalue weighted by atomic mass is 10.1. The third-order valence-corrected chi connectivity index (χ3v) is 2.90. The highest BCUT2D eigenvalue weighted by atomic mass is 32.1. The van der Waals surface area contributed by atoms with Crippen molar-refractivity contribution in [2.45, 2.75) is 12.5 Å². The molecule has 0 saturated heterocycles. The number of hydrogen-bond acceptors (Lipinski definition) is 6. The zero-order chi connectivity index (χ0) is 10.7. The van der Waals surface area contributed by atoms with Crippen LogP contribution in [0.4, 0.5) is 0 Å². The van der Waals surface area contributed by atoms with Crippen molar-refractivity contribution in [3.8, 4) is 0 Å². The standard InChI is InChI=1S/C8H12N6S/c1-14-5-6(3-11-14)2-7(12-9)8-4-10-13-15-8/h3-5,7,12H,2,9H2,1H3. The first kappa shape index (κ1) is 10.2. The van der Waals surface area contributed by atoms with Gasteiger partial charge in [-0.1, -0.05) is 4.49 Å². The van der Waals surface area contributed by atoms with E-state index in [1.807, 2.05) is 19.4 Å². The van der Waals surface area contributed by atoms with E-state index in [9.17, 15) is 0 Å². The minimum Gasteiger partial charge on any atom is -0.276 e. The van der Waals surface area contributed by atoms with Crippen molar-refractivity contribution in [1.29, 1.82) is 0 Å². The van der Waals surface area contributed by atoms with Crippen LogP contribution in [0.15, 0.2) is 18.6 Å². The van der Waals surface area contributed by atoms with Crippen LogP contribution >= 0.6 is 11.5 Å². The largest absolute Gasteiger partial charge is 0.276 e. The van der Waals surface area contributed by atoms with E-state index in [2.05, 4.69) is 20.1 Å². The molecule has 0 aliphatic heterocycles. The highest BCUT2D eigenvalue weighted by molar-refractivity contribution is 7.05. The van der Waals surface area contributed by atoms with Crippen LogP contribution in [0.2, 0.25) is 0 Å². The maximum atomic E-state index is 5.49. The molecule has 0 aromatic carbocycles. The van der Waals surface area contributed by atoms with Crippen molar-refractivity contribution in [2.75, 3.05) is 0 Å². The SMILES string of the molecule is Cn1cc(CC(NN)c2cnns2)cn1. The number of nitrogens with one attached hydrogen (secondary N) is 1. The Bertz CT molecular complexity index is 408. The minimum absolute atomic E-state index is 0.0502. The van der Waals surface area contributed by atoms with Gasteiger partial charge in [0.2, 0.25) is 0 Å². The number of hydrogen-bond donors (Lipinski definition) is 2. The number of aryl methyl sites for hydroxylation is 1. The Kier molecular flexibility index (Phi) is 3.05. The van der Waals surface area contributed by atoms with E-state index in [4.69, 9.17) is 5.84 Å². The topological polar surface area (TPSA) is 81.7 Å². The molecule has 0 saturated carbocycles. The minimum atomic E-state index is 0.0502. The highest BCUT2D eigenvalue weighted by Gasteiger charge is 2.13. The molecule has 1 unspecified atom stereocenters. The second-order valence-electron chi connectivity index (χ2n) is 3.27. The van der Waals surface area contributed by atoms with Crippen LogP contribution in [0, 0.1) is 0 Å².